The Morgan fingerprint density at radius 1 is 1.10 bits per heavy atom. The molecule has 2 rings (SSSR count). The lowest BCUT2D eigenvalue weighted by molar-refractivity contribution is 0.565. The van der Waals surface area contributed by atoms with Gasteiger partial charge in [0.05, 0.1) is 0 Å². The van der Waals surface area contributed by atoms with Crippen LogP contribution in [0.2, 0.25) is 0 Å². The lowest BCUT2D eigenvalue weighted by Gasteiger charge is -2.25. The predicted molar refractivity (Wildman–Crippen MR) is 87.6 cm³/mol. The van der Waals surface area contributed by atoms with Crippen LogP contribution < -0.4 is 15.5 Å². The van der Waals surface area contributed by atoms with Gasteiger partial charge in [0.2, 0.25) is 17.8 Å². The first-order valence-corrected chi connectivity index (χ1v) is 8.08. The fourth-order valence-corrected chi connectivity index (χ4v) is 2.38. The lowest BCUT2D eigenvalue weighted by Crippen LogP contribution is -2.32. The number of anilines is 3. The molecule has 0 aliphatic heterocycles. The Morgan fingerprint density at radius 2 is 1.71 bits per heavy atom. The van der Waals surface area contributed by atoms with E-state index >= 15 is 0 Å². The second-order valence-electron chi connectivity index (χ2n) is 6.07. The topological polar surface area (TPSA) is 71.2 Å². The Bertz CT molecular complexity index is 453. The third-order valence-corrected chi connectivity index (χ3v) is 3.87. The van der Waals surface area contributed by atoms with Crippen LogP contribution in [-0.2, 0) is 0 Å². The van der Waals surface area contributed by atoms with Gasteiger partial charge in [0.15, 0.2) is 0 Å². The number of rotatable bonds is 8. The number of nitrogens with zero attached hydrogens (tertiary/aromatic N) is 5. The zero-order chi connectivity index (χ0) is 15.4. The quantitative estimate of drug-likeness (QED) is 0.793. The van der Waals surface area contributed by atoms with Crippen molar-refractivity contribution in [3.63, 3.8) is 0 Å². The van der Waals surface area contributed by atoms with Crippen LogP contribution in [0, 0.1) is 5.92 Å². The number of hydrogen-bond acceptors (Lipinski definition) is 6. The van der Waals surface area contributed by atoms with E-state index in [1.807, 2.05) is 0 Å². The molecule has 1 aliphatic carbocycles. The van der Waals surface area contributed by atoms with E-state index in [0.29, 0.717) is 23.9 Å². The summed E-state index contributed by atoms with van der Waals surface area (Å²) in [7, 11) is 0. The first-order chi connectivity index (χ1) is 10.0. The summed E-state index contributed by atoms with van der Waals surface area (Å²) in [5, 5.41) is 0. The molecule has 0 bridgehead atoms. The highest BCUT2D eigenvalue weighted by Crippen LogP contribution is 2.31. The van der Waals surface area contributed by atoms with Gasteiger partial charge in [0.1, 0.15) is 0 Å². The molecule has 0 aromatic carbocycles. The molecule has 1 aromatic rings. The van der Waals surface area contributed by atoms with Gasteiger partial charge in [-0.1, -0.05) is 13.8 Å². The van der Waals surface area contributed by atoms with Crippen LogP contribution in [0.25, 0.3) is 0 Å². The van der Waals surface area contributed by atoms with Crippen LogP contribution in [0.4, 0.5) is 17.8 Å². The minimum absolute atomic E-state index is 0.317. The van der Waals surface area contributed by atoms with E-state index in [0.717, 1.165) is 32.0 Å². The highest BCUT2D eigenvalue weighted by Gasteiger charge is 2.31. The molecular weight excluding hydrogens is 264 g/mol. The van der Waals surface area contributed by atoms with E-state index < -0.39 is 0 Å². The van der Waals surface area contributed by atoms with Gasteiger partial charge in [-0.3, -0.25) is 0 Å². The van der Waals surface area contributed by atoms with Crippen molar-refractivity contribution < 1.29 is 0 Å². The summed E-state index contributed by atoms with van der Waals surface area (Å²) in [5.74, 6) is 2.43. The molecular formula is C15H28N6. The average Bonchev–Trinajstić information content (AvgIpc) is 3.24. The van der Waals surface area contributed by atoms with Gasteiger partial charge < -0.3 is 15.5 Å². The van der Waals surface area contributed by atoms with Crippen molar-refractivity contribution in [3.05, 3.63) is 0 Å². The minimum Gasteiger partial charge on any atom is -0.368 e. The summed E-state index contributed by atoms with van der Waals surface area (Å²) in [6, 6.07) is 0.579. The average molecular weight is 292 g/mol. The Hall–Kier alpha value is -1.59. The van der Waals surface area contributed by atoms with Crippen LogP contribution in [0.1, 0.15) is 47.0 Å². The molecule has 1 aromatic heterocycles. The van der Waals surface area contributed by atoms with Crippen molar-refractivity contribution in [2.24, 2.45) is 5.92 Å². The highest BCUT2D eigenvalue weighted by atomic mass is 15.4. The summed E-state index contributed by atoms with van der Waals surface area (Å²) < 4.78 is 0. The van der Waals surface area contributed by atoms with Gasteiger partial charge in [0.25, 0.3) is 0 Å². The van der Waals surface area contributed by atoms with Crippen LogP contribution in [0.5, 0.6) is 0 Å². The number of hydrogen-bond donors (Lipinski definition) is 1. The molecule has 6 heteroatoms. The summed E-state index contributed by atoms with van der Waals surface area (Å²) >= 11 is 0. The third-order valence-electron chi connectivity index (χ3n) is 3.87. The molecule has 21 heavy (non-hydrogen) atoms. The zero-order valence-corrected chi connectivity index (χ0v) is 13.7. The normalized spacial score (nSPS) is 14.5. The molecule has 0 atom stereocenters. The Morgan fingerprint density at radius 3 is 2.24 bits per heavy atom. The molecule has 2 N–H and O–H groups in total. The van der Waals surface area contributed by atoms with Crippen molar-refractivity contribution in [3.8, 4) is 0 Å². The first kappa shape index (κ1) is 15.8. The van der Waals surface area contributed by atoms with E-state index in [4.69, 9.17) is 5.73 Å². The largest absolute Gasteiger partial charge is 0.368 e. The second kappa shape index (κ2) is 6.91. The smallest absolute Gasteiger partial charge is 0.232 e. The fraction of sp³-hybridized carbons (Fsp3) is 0.800. The molecule has 1 heterocycles. The maximum absolute atomic E-state index is 5.91. The van der Waals surface area contributed by atoms with E-state index in [9.17, 15) is 0 Å². The van der Waals surface area contributed by atoms with Crippen molar-refractivity contribution in [2.75, 3.05) is 35.2 Å². The van der Waals surface area contributed by atoms with Gasteiger partial charge in [-0.15, -0.1) is 0 Å². The molecule has 1 aliphatic rings. The van der Waals surface area contributed by atoms with Gasteiger partial charge in [0, 0.05) is 25.7 Å². The maximum atomic E-state index is 5.91. The Balaban J connectivity index is 2.23. The van der Waals surface area contributed by atoms with Crippen molar-refractivity contribution >= 4 is 17.8 Å². The molecule has 6 nitrogen and oxygen atoms in total. The van der Waals surface area contributed by atoms with Crippen molar-refractivity contribution in [1.82, 2.24) is 15.0 Å². The lowest BCUT2D eigenvalue weighted by atomic mass is 10.1. The van der Waals surface area contributed by atoms with E-state index in [1.165, 1.54) is 12.8 Å². The first-order valence-electron chi connectivity index (χ1n) is 8.08. The third kappa shape index (κ3) is 4.19. The van der Waals surface area contributed by atoms with Crippen molar-refractivity contribution in [1.29, 1.82) is 0 Å². The van der Waals surface area contributed by atoms with Crippen LogP contribution in [-0.4, -0.2) is 40.6 Å². The fourth-order valence-electron chi connectivity index (χ4n) is 2.38. The van der Waals surface area contributed by atoms with Crippen molar-refractivity contribution in [2.45, 2.75) is 53.0 Å². The summed E-state index contributed by atoms with van der Waals surface area (Å²) in [6.45, 7) is 11.4. The van der Waals surface area contributed by atoms with E-state index in [1.54, 1.807) is 0 Å². The summed E-state index contributed by atoms with van der Waals surface area (Å²) in [6.07, 6.45) is 3.59. The van der Waals surface area contributed by atoms with Gasteiger partial charge >= 0.3 is 0 Å². The molecule has 118 valence electrons. The SMILES string of the molecule is CCN(CC)c1nc(N)nc(N(CCC(C)C)C2CC2)n1. The Kier molecular flexibility index (Phi) is 5.20. The van der Waals surface area contributed by atoms with Crippen LogP contribution in [0.15, 0.2) is 0 Å². The predicted octanol–water partition coefficient (Wildman–Crippen LogP) is 2.31. The zero-order valence-electron chi connectivity index (χ0n) is 13.7. The molecule has 0 spiro atoms. The molecule has 0 amide bonds. The second-order valence-corrected chi connectivity index (χ2v) is 6.07. The Labute approximate surface area is 127 Å². The minimum atomic E-state index is 0.317. The highest BCUT2D eigenvalue weighted by molar-refractivity contribution is 5.45. The van der Waals surface area contributed by atoms with E-state index in [-0.39, 0.29) is 0 Å². The number of nitrogens with two attached hydrogens (primary N) is 1. The monoisotopic (exact) mass is 292 g/mol. The molecule has 1 fully saturated rings. The number of nitrogen functional groups attached to an aromatic ring is 1. The van der Waals surface area contributed by atoms with E-state index in [2.05, 4.69) is 52.4 Å². The number of aromatic nitrogens is 3. The maximum Gasteiger partial charge on any atom is 0.232 e. The van der Waals surface area contributed by atoms with Crippen LogP contribution in [0.3, 0.4) is 0 Å². The molecule has 0 unspecified atom stereocenters. The van der Waals surface area contributed by atoms with Gasteiger partial charge in [-0.05, 0) is 39.0 Å². The molecule has 0 saturated heterocycles. The summed E-state index contributed by atoms with van der Waals surface area (Å²) in [5.41, 5.74) is 5.91. The molecule has 1 saturated carbocycles. The van der Waals surface area contributed by atoms with Gasteiger partial charge in [-0.2, -0.15) is 15.0 Å². The van der Waals surface area contributed by atoms with Crippen LogP contribution >= 0.6 is 0 Å². The standard InChI is InChI=1S/C15H28N6/c1-5-20(6-2)14-17-13(16)18-15(19-14)21(12-7-8-12)10-9-11(3)4/h11-12H,5-10H2,1-4H3,(H2,16,17,18,19). The molecule has 0 radical (unpaired) electrons. The van der Waals surface area contributed by atoms with Gasteiger partial charge in [-0.25, -0.2) is 0 Å². The summed E-state index contributed by atoms with van der Waals surface area (Å²) in [4.78, 5) is 17.7.